The Morgan fingerprint density at radius 3 is 2.31 bits per heavy atom. The van der Waals surface area contributed by atoms with Crippen molar-refractivity contribution in [2.45, 2.75) is 22.1 Å². The van der Waals surface area contributed by atoms with Gasteiger partial charge in [0.25, 0.3) is 10.0 Å². The van der Waals surface area contributed by atoms with Gasteiger partial charge in [0.15, 0.2) is 0 Å². The number of benzene rings is 1. The topological polar surface area (TPSA) is 104 Å². The third-order valence-electron chi connectivity index (χ3n) is 4.47. The molecule has 1 amide bonds. The average molecular weight is 462 g/mol. The number of sulfonamides is 2. The molecule has 0 saturated carbocycles. The van der Waals surface area contributed by atoms with Crippen LogP contribution in [0.25, 0.3) is 0 Å². The molecule has 8 nitrogen and oxygen atoms in total. The first-order valence-electron chi connectivity index (χ1n) is 8.72. The van der Waals surface area contributed by atoms with Gasteiger partial charge in [0.05, 0.1) is 6.04 Å². The van der Waals surface area contributed by atoms with Crippen LogP contribution < -0.4 is 4.72 Å². The summed E-state index contributed by atoms with van der Waals surface area (Å²) in [7, 11) is -7.81. The van der Waals surface area contributed by atoms with Crippen LogP contribution >= 0.6 is 11.3 Å². The highest BCUT2D eigenvalue weighted by Gasteiger charge is 2.33. The van der Waals surface area contributed by atoms with Gasteiger partial charge < -0.3 is 4.90 Å². The van der Waals surface area contributed by atoms with E-state index in [1.54, 1.807) is 11.4 Å². The monoisotopic (exact) mass is 461 g/mol. The van der Waals surface area contributed by atoms with E-state index in [2.05, 4.69) is 4.72 Å². The van der Waals surface area contributed by atoms with E-state index >= 15 is 0 Å². The van der Waals surface area contributed by atoms with E-state index in [4.69, 9.17) is 0 Å². The molecule has 1 fully saturated rings. The van der Waals surface area contributed by atoms with Gasteiger partial charge in [-0.3, -0.25) is 4.79 Å². The van der Waals surface area contributed by atoms with Gasteiger partial charge in [-0.05, 0) is 30.5 Å². The van der Waals surface area contributed by atoms with E-state index < -0.39 is 42.7 Å². The number of carbonyl (C=O) groups is 1. The predicted octanol–water partition coefficient (Wildman–Crippen LogP) is 1.09. The number of carbonyl (C=O) groups excluding carboxylic acids is 1. The molecule has 158 valence electrons. The standard InChI is InChI=1S/C17H20FN3O5S3/c1-13(19-28(23,24)15-6-3-2-5-14(15)18)17(22)20-8-10-21(11-9-20)29(25,26)16-7-4-12-27-16/h2-7,12-13,19H,8-11H2,1H3/t13-/m1/s1. The van der Waals surface area contributed by atoms with Crippen LogP contribution in [-0.4, -0.2) is 64.2 Å². The van der Waals surface area contributed by atoms with Crippen molar-refractivity contribution in [1.29, 1.82) is 0 Å². The number of nitrogens with zero attached hydrogens (tertiary/aromatic N) is 2. The van der Waals surface area contributed by atoms with E-state index in [0.29, 0.717) is 0 Å². The fourth-order valence-electron chi connectivity index (χ4n) is 2.97. The van der Waals surface area contributed by atoms with Gasteiger partial charge in [0, 0.05) is 26.2 Å². The van der Waals surface area contributed by atoms with E-state index in [9.17, 15) is 26.0 Å². The second-order valence-electron chi connectivity index (χ2n) is 6.43. The molecule has 29 heavy (non-hydrogen) atoms. The Hall–Kier alpha value is -1.86. The Morgan fingerprint density at radius 1 is 1.07 bits per heavy atom. The molecule has 1 saturated heterocycles. The zero-order chi connectivity index (χ0) is 21.2. The maximum atomic E-state index is 13.8. The average Bonchev–Trinajstić information content (AvgIpc) is 3.23. The van der Waals surface area contributed by atoms with Crippen molar-refractivity contribution in [3.63, 3.8) is 0 Å². The minimum atomic E-state index is -4.21. The van der Waals surface area contributed by atoms with E-state index in [-0.39, 0.29) is 30.4 Å². The van der Waals surface area contributed by atoms with E-state index in [0.717, 1.165) is 23.5 Å². The summed E-state index contributed by atoms with van der Waals surface area (Å²) in [5.41, 5.74) is 0. The number of amides is 1. The third kappa shape index (κ3) is 4.67. The van der Waals surface area contributed by atoms with Crippen molar-refractivity contribution in [3.05, 3.63) is 47.6 Å². The molecule has 1 N–H and O–H groups in total. The Labute approximate surface area is 173 Å². The minimum absolute atomic E-state index is 0.110. The number of piperazine rings is 1. The molecule has 2 aromatic rings. The van der Waals surface area contributed by atoms with Crippen molar-refractivity contribution < 1.29 is 26.0 Å². The van der Waals surface area contributed by atoms with Gasteiger partial charge in [0.1, 0.15) is 14.9 Å². The predicted molar refractivity (Wildman–Crippen MR) is 106 cm³/mol. The van der Waals surface area contributed by atoms with Crippen LogP contribution in [-0.2, 0) is 24.8 Å². The fraction of sp³-hybridized carbons (Fsp3) is 0.353. The summed E-state index contributed by atoms with van der Waals surface area (Å²) in [6.45, 7) is 1.86. The first-order valence-corrected chi connectivity index (χ1v) is 12.5. The molecule has 1 atom stereocenters. The summed E-state index contributed by atoms with van der Waals surface area (Å²) in [4.78, 5) is 13.5. The van der Waals surface area contributed by atoms with Gasteiger partial charge in [-0.25, -0.2) is 21.2 Å². The van der Waals surface area contributed by atoms with Crippen LogP contribution in [0.2, 0.25) is 0 Å². The van der Waals surface area contributed by atoms with Crippen LogP contribution in [0.15, 0.2) is 50.9 Å². The lowest BCUT2D eigenvalue weighted by molar-refractivity contribution is -0.133. The van der Waals surface area contributed by atoms with Crippen LogP contribution in [0.4, 0.5) is 4.39 Å². The smallest absolute Gasteiger partial charge is 0.252 e. The molecule has 1 aromatic heterocycles. The van der Waals surface area contributed by atoms with Crippen LogP contribution in [0.5, 0.6) is 0 Å². The normalized spacial score (nSPS) is 17.2. The number of hydrogen-bond acceptors (Lipinski definition) is 6. The quantitative estimate of drug-likeness (QED) is 0.694. The largest absolute Gasteiger partial charge is 0.339 e. The Balaban J connectivity index is 1.63. The molecule has 3 rings (SSSR count). The zero-order valence-electron chi connectivity index (χ0n) is 15.5. The van der Waals surface area contributed by atoms with Crippen molar-refractivity contribution in [3.8, 4) is 0 Å². The number of thiophene rings is 1. The highest BCUT2D eigenvalue weighted by atomic mass is 32.2. The second-order valence-corrected chi connectivity index (χ2v) is 11.2. The molecule has 1 aliphatic rings. The van der Waals surface area contributed by atoms with Crippen LogP contribution in [0, 0.1) is 5.82 Å². The number of hydrogen-bond donors (Lipinski definition) is 1. The fourth-order valence-corrected chi connectivity index (χ4v) is 6.81. The van der Waals surface area contributed by atoms with Crippen LogP contribution in [0.1, 0.15) is 6.92 Å². The Bertz CT molecular complexity index is 1080. The second kappa shape index (κ2) is 8.48. The van der Waals surface area contributed by atoms with Gasteiger partial charge in [-0.15, -0.1) is 11.3 Å². The van der Waals surface area contributed by atoms with Crippen molar-refractivity contribution >= 4 is 37.3 Å². The van der Waals surface area contributed by atoms with Gasteiger partial charge in [0.2, 0.25) is 15.9 Å². The van der Waals surface area contributed by atoms with Crippen LogP contribution in [0.3, 0.4) is 0 Å². The molecule has 12 heteroatoms. The maximum Gasteiger partial charge on any atom is 0.252 e. The lowest BCUT2D eigenvalue weighted by Crippen LogP contribution is -2.55. The summed E-state index contributed by atoms with van der Waals surface area (Å²) in [5.74, 6) is -1.41. The van der Waals surface area contributed by atoms with Gasteiger partial charge in [-0.1, -0.05) is 18.2 Å². The van der Waals surface area contributed by atoms with Gasteiger partial charge in [-0.2, -0.15) is 9.03 Å². The van der Waals surface area contributed by atoms with Crippen molar-refractivity contribution in [2.75, 3.05) is 26.2 Å². The molecular weight excluding hydrogens is 441 g/mol. The minimum Gasteiger partial charge on any atom is -0.339 e. The van der Waals surface area contributed by atoms with Gasteiger partial charge >= 0.3 is 0 Å². The Morgan fingerprint density at radius 2 is 1.72 bits per heavy atom. The summed E-state index contributed by atoms with van der Waals surface area (Å²) >= 11 is 1.12. The molecular formula is C17H20FN3O5S3. The van der Waals surface area contributed by atoms with E-state index in [1.165, 1.54) is 34.3 Å². The molecule has 0 radical (unpaired) electrons. The van der Waals surface area contributed by atoms with Crippen molar-refractivity contribution in [1.82, 2.24) is 13.9 Å². The number of rotatable bonds is 6. The lowest BCUT2D eigenvalue weighted by Gasteiger charge is -2.35. The molecule has 0 aliphatic carbocycles. The van der Waals surface area contributed by atoms with E-state index in [1.807, 2.05) is 0 Å². The zero-order valence-corrected chi connectivity index (χ0v) is 17.9. The third-order valence-corrected chi connectivity index (χ3v) is 9.31. The molecule has 0 bridgehead atoms. The Kier molecular flexibility index (Phi) is 6.39. The molecule has 2 heterocycles. The number of nitrogens with one attached hydrogen (secondary N) is 1. The molecule has 0 unspecified atom stereocenters. The van der Waals surface area contributed by atoms with Crippen molar-refractivity contribution in [2.24, 2.45) is 0 Å². The SMILES string of the molecule is C[C@@H](NS(=O)(=O)c1ccccc1F)C(=O)N1CCN(S(=O)(=O)c2cccs2)CC1. The highest BCUT2D eigenvalue weighted by molar-refractivity contribution is 7.91. The molecule has 1 aromatic carbocycles. The molecule has 0 spiro atoms. The first-order chi connectivity index (χ1) is 13.6. The highest BCUT2D eigenvalue weighted by Crippen LogP contribution is 2.22. The maximum absolute atomic E-state index is 13.8. The summed E-state index contributed by atoms with van der Waals surface area (Å²) in [6, 6.07) is 6.94. The lowest BCUT2D eigenvalue weighted by atomic mass is 10.2. The summed E-state index contributed by atoms with van der Waals surface area (Å²) < 4.78 is 67.3. The number of halogens is 1. The first kappa shape index (κ1) is 21.8. The summed E-state index contributed by atoms with van der Waals surface area (Å²) in [6.07, 6.45) is 0. The summed E-state index contributed by atoms with van der Waals surface area (Å²) in [5, 5.41) is 1.68. The molecule has 1 aliphatic heterocycles.